The number of esters is 2. The number of methoxy groups -OCH3 is 2. The summed E-state index contributed by atoms with van der Waals surface area (Å²) < 4.78 is 11.4. The fourth-order valence-electron chi connectivity index (χ4n) is 4.34. The van der Waals surface area contributed by atoms with Crippen molar-refractivity contribution in [1.29, 1.82) is 0 Å². The Morgan fingerprint density at radius 2 is 1.24 bits per heavy atom. The van der Waals surface area contributed by atoms with E-state index in [1.54, 1.807) is 18.3 Å². The van der Waals surface area contributed by atoms with Gasteiger partial charge in [-0.2, -0.15) is 0 Å². The van der Waals surface area contributed by atoms with Crippen LogP contribution in [-0.2, 0) is 19.1 Å². The molecular weight excluding hydrogens is 551 g/mol. The third kappa shape index (κ3) is 5.38. The second-order valence-corrected chi connectivity index (χ2v) is 12.3. The molecule has 1 N–H and O–H groups in total. The van der Waals surface area contributed by atoms with Crippen LogP contribution < -0.4 is 21.2 Å². The number of nitrogens with one attached hydrogen (secondary N) is 1. The molecule has 0 aliphatic rings. The summed E-state index contributed by atoms with van der Waals surface area (Å²) in [6.07, 6.45) is 1.61. The normalized spacial score (nSPS) is 11.8. The van der Waals surface area contributed by atoms with Crippen molar-refractivity contribution < 1.29 is 19.1 Å². The third-order valence-corrected chi connectivity index (χ3v) is 10.8. The SMILES string of the molecule is COC(=O)C(C(Nc1ccc(Br)cn1)C(=O)OC)=P(c1ccccc1)(c1ccccc1)c1ccccc1. The molecule has 0 aliphatic heterocycles. The highest BCUT2D eigenvalue weighted by Gasteiger charge is 2.41. The van der Waals surface area contributed by atoms with E-state index in [0.717, 1.165) is 20.4 Å². The van der Waals surface area contributed by atoms with Gasteiger partial charge in [0.25, 0.3) is 0 Å². The van der Waals surface area contributed by atoms with Gasteiger partial charge in [-0.1, -0.05) is 91.0 Å². The number of carbonyl (C=O) groups is 2. The van der Waals surface area contributed by atoms with Crippen LogP contribution in [0.4, 0.5) is 5.82 Å². The first kappa shape index (κ1) is 26.4. The van der Waals surface area contributed by atoms with Crippen LogP contribution in [0.5, 0.6) is 0 Å². The summed E-state index contributed by atoms with van der Waals surface area (Å²) in [5.74, 6) is -0.825. The van der Waals surface area contributed by atoms with Crippen molar-refractivity contribution in [3.63, 3.8) is 0 Å². The highest BCUT2D eigenvalue weighted by Crippen LogP contribution is 2.47. The average Bonchev–Trinajstić information content (AvgIpc) is 2.96. The number of halogens is 1. The molecule has 6 nitrogen and oxygen atoms in total. The molecule has 188 valence electrons. The van der Waals surface area contributed by atoms with Gasteiger partial charge in [-0.15, -0.1) is 0 Å². The fourth-order valence-corrected chi connectivity index (χ4v) is 9.08. The van der Waals surface area contributed by atoms with E-state index in [0.29, 0.717) is 5.82 Å². The van der Waals surface area contributed by atoms with Crippen LogP contribution >= 0.6 is 22.8 Å². The predicted octanol–water partition coefficient (Wildman–Crippen LogP) is 4.14. The molecule has 1 heterocycles. The lowest BCUT2D eigenvalue weighted by molar-refractivity contribution is -0.141. The molecule has 1 aromatic heterocycles. The van der Waals surface area contributed by atoms with Crippen molar-refractivity contribution in [3.05, 3.63) is 114 Å². The number of anilines is 1. The number of ether oxygens (including phenoxy) is 2. The first-order valence-electron chi connectivity index (χ1n) is 11.5. The number of hydrogen-bond acceptors (Lipinski definition) is 6. The van der Waals surface area contributed by atoms with Gasteiger partial charge in [-0.3, -0.25) is 0 Å². The Bertz CT molecular complexity index is 1310. The Labute approximate surface area is 224 Å². The lowest BCUT2D eigenvalue weighted by Crippen LogP contribution is -2.47. The number of hydrogen-bond donors (Lipinski definition) is 1. The molecule has 1 atom stereocenters. The first-order chi connectivity index (χ1) is 18.0. The predicted molar refractivity (Wildman–Crippen MR) is 154 cm³/mol. The number of pyridine rings is 1. The molecule has 1 unspecified atom stereocenters. The Kier molecular flexibility index (Phi) is 8.59. The minimum atomic E-state index is -2.96. The molecule has 4 aromatic rings. The molecule has 0 saturated carbocycles. The van der Waals surface area contributed by atoms with Gasteiger partial charge in [0.2, 0.25) is 0 Å². The smallest absolute Gasteiger partial charge is 0.337 e. The average molecular weight is 577 g/mol. The zero-order valence-electron chi connectivity index (χ0n) is 20.4. The Morgan fingerprint density at radius 1 is 0.757 bits per heavy atom. The minimum Gasteiger partial charge on any atom is -0.467 e. The van der Waals surface area contributed by atoms with Crippen molar-refractivity contribution in [2.45, 2.75) is 6.04 Å². The summed E-state index contributed by atoms with van der Waals surface area (Å²) in [4.78, 5) is 31.7. The van der Waals surface area contributed by atoms with Crippen LogP contribution in [0, 0.1) is 0 Å². The van der Waals surface area contributed by atoms with Gasteiger partial charge in [0, 0.05) is 10.7 Å². The lowest BCUT2D eigenvalue weighted by Gasteiger charge is -2.34. The maximum absolute atomic E-state index is 13.9. The maximum atomic E-state index is 13.9. The topological polar surface area (TPSA) is 77.5 Å². The Hall–Kier alpha value is -3.67. The van der Waals surface area contributed by atoms with Gasteiger partial charge in [-0.05, 0) is 50.9 Å². The van der Waals surface area contributed by atoms with Crippen LogP contribution in [0.15, 0.2) is 114 Å². The summed E-state index contributed by atoms with van der Waals surface area (Å²) in [5, 5.41) is 6.12. The van der Waals surface area contributed by atoms with Crippen LogP contribution in [-0.4, -0.2) is 42.5 Å². The van der Waals surface area contributed by atoms with E-state index in [2.05, 4.69) is 26.2 Å². The van der Waals surface area contributed by atoms with Crippen molar-refractivity contribution in [2.24, 2.45) is 0 Å². The van der Waals surface area contributed by atoms with Crippen LogP contribution in [0.3, 0.4) is 0 Å². The molecule has 8 heteroatoms. The van der Waals surface area contributed by atoms with Gasteiger partial charge in [0.15, 0.2) is 6.04 Å². The molecule has 0 aliphatic carbocycles. The quantitative estimate of drug-likeness (QED) is 0.251. The molecule has 37 heavy (non-hydrogen) atoms. The molecular formula is C29H26BrN2O4P. The number of carbonyl (C=O) groups excluding carboxylic acids is 2. The number of rotatable bonds is 8. The molecule has 0 spiro atoms. The number of benzene rings is 3. The molecule has 0 fully saturated rings. The lowest BCUT2D eigenvalue weighted by atomic mass is 10.2. The summed E-state index contributed by atoms with van der Waals surface area (Å²) in [6.45, 7) is -2.96. The second kappa shape index (κ2) is 12.0. The number of aromatic nitrogens is 1. The van der Waals surface area contributed by atoms with E-state index < -0.39 is 24.9 Å². The van der Waals surface area contributed by atoms with Crippen LogP contribution in [0.25, 0.3) is 0 Å². The Balaban J connectivity index is 2.21. The number of nitrogens with zero attached hydrogens (tertiary/aromatic N) is 1. The van der Waals surface area contributed by atoms with E-state index in [1.807, 2.05) is 91.0 Å². The van der Waals surface area contributed by atoms with E-state index in [1.165, 1.54) is 14.2 Å². The van der Waals surface area contributed by atoms with Crippen molar-refractivity contribution in [1.82, 2.24) is 4.98 Å². The van der Waals surface area contributed by atoms with E-state index in [4.69, 9.17) is 9.47 Å². The molecule has 0 amide bonds. The van der Waals surface area contributed by atoms with E-state index in [-0.39, 0.29) is 5.29 Å². The molecule has 4 rings (SSSR count). The summed E-state index contributed by atoms with van der Waals surface area (Å²) in [5.41, 5.74) is 0. The summed E-state index contributed by atoms with van der Waals surface area (Å²) in [6, 6.07) is 31.6. The highest BCUT2D eigenvalue weighted by atomic mass is 79.9. The van der Waals surface area contributed by atoms with Crippen molar-refractivity contribution in [2.75, 3.05) is 19.5 Å². The standard InChI is InChI=1S/C29H26BrN2O4P/c1-35-28(33)26(32-25-19-18-21(30)20-31-25)27(29(34)36-2)37(22-12-6-3-7-13-22,23-14-8-4-9-15-23)24-16-10-5-11-17-24/h3-20,26H,1-2H3,(H,31,32). The summed E-state index contributed by atoms with van der Waals surface area (Å²) in [7, 11) is 2.62. The van der Waals surface area contributed by atoms with Crippen LogP contribution in [0.2, 0.25) is 0 Å². The monoisotopic (exact) mass is 576 g/mol. The summed E-state index contributed by atoms with van der Waals surface area (Å²) >= 11 is 3.39. The Morgan fingerprint density at radius 3 is 1.62 bits per heavy atom. The van der Waals surface area contributed by atoms with Gasteiger partial charge in [0.1, 0.15) is 5.82 Å². The third-order valence-electron chi connectivity index (χ3n) is 5.92. The van der Waals surface area contributed by atoms with E-state index >= 15 is 0 Å². The van der Waals surface area contributed by atoms with Crippen molar-refractivity contribution >= 4 is 61.8 Å². The van der Waals surface area contributed by atoms with E-state index in [9.17, 15) is 9.59 Å². The second-order valence-electron chi connectivity index (χ2n) is 8.02. The highest BCUT2D eigenvalue weighted by molar-refractivity contribution is 9.10. The molecule has 3 aromatic carbocycles. The minimum absolute atomic E-state index is 0.259. The fraction of sp³-hybridized carbons (Fsp3) is 0.103. The molecule has 0 saturated heterocycles. The maximum Gasteiger partial charge on any atom is 0.337 e. The van der Waals surface area contributed by atoms with Gasteiger partial charge < -0.3 is 14.8 Å². The molecule has 0 radical (unpaired) electrons. The zero-order valence-corrected chi connectivity index (χ0v) is 22.9. The first-order valence-corrected chi connectivity index (χ1v) is 14.1. The van der Waals surface area contributed by atoms with Crippen molar-refractivity contribution in [3.8, 4) is 0 Å². The molecule has 0 bridgehead atoms. The van der Waals surface area contributed by atoms with Gasteiger partial charge in [0.05, 0.1) is 19.5 Å². The van der Waals surface area contributed by atoms with Crippen LogP contribution in [0.1, 0.15) is 0 Å². The zero-order chi connectivity index (χ0) is 26.3. The largest absolute Gasteiger partial charge is 0.467 e. The van der Waals surface area contributed by atoms with Gasteiger partial charge >= 0.3 is 11.9 Å². The van der Waals surface area contributed by atoms with Gasteiger partial charge in [-0.25, -0.2) is 14.6 Å².